The number of hydrogen-bond donors (Lipinski definition) is 0. The van der Waals surface area contributed by atoms with Crippen molar-refractivity contribution < 1.29 is 18.0 Å². The Balaban J connectivity index is 1.56. The van der Waals surface area contributed by atoms with E-state index in [-0.39, 0.29) is 30.7 Å². The molecule has 1 amide bonds. The van der Waals surface area contributed by atoms with Gasteiger partial charge in [0.2, 0.25) is 5.89 Å². The average Bonchev–Trinajstić information content (AvgIpc) is 3.47. The maximum atomic E-state index is 14.3. The van der Waals surface area contributed by atoms with Crippen LogP contribution in [0.4, 0.5) is 8.78 Å². The Morgan fingerprint density at radius 2 is 1.87 bits per heavy atom. The van der Waals surface area contributed by atoms with E-state index in [1.165, 1.54) is 18.4 Å². The molecule has 0 saturated carbocycles. The largest absolute Gasteiger partial charge is 0.447 e. The van der Waals surface area contributed by atoms with Gasteiger partial charge in [0.05, 0.1) is 6.54 Å². The fourth-order valence-corrected chi connectivity index (χ4v) is 3.88. The second-order valence-corrected chi connectivity index (χ2v) is 7.85. The lowest BCUT2D eigenvalue weighted by Crippen LogP contribution is -2.28. The fourth-order valence-electron chi connectivity index (χ4n) is 3.88. The molecule has 4 rings (SSSR count). The molecule has 7 heteroatoms. The summed E-state index contributed by atoms with van der Waals surface area (Å²) in [6, 6.07) is 13.3. The quantitative estimate of drug-likeness (QED) is 0.537. The summed E-state index contributed by atoms with van der Waals surface area (Å²) in [4.78, 5) is 20.7. The molecule has 2 aromatic carbocycles. The van der Waals surface area contributed by atoms with Crippen LogP contribution in [-0.4, -0.2) is 33.8 Å². The summed E-state index contributed by atoms with van der Waals surface area (Å²) >= 11 is 0. The van der Waals surface area contributed by atoms with E-state index in [4.69, 9.17) is 4.42 Å². The predicted molar refractivity (Wildman–Crippen MR) is 112 cm³/mol. The first kappa shape index (κ1) is 21.2. The minimum Gasteiger partial charge on any atom is -0.447 e. The fraction of sp³-hybridized carbons (Fsp3) is 0.333. The highest BCUT2D eigenvalue weighted by Gasteiger charge is 2.24. The molecule has 0 N–H and O–H groups in total. The summed E-state index contributed by atoms with van der Waals surface area (Å²) in [5, 5.41) is 0. The Labute approximate surface area is 180 Å². The highest BCUT2D eigenvalue weighted by molar-refractivity contribution is 5.92. The highest BCUT2D eigenvalue weighted by Crippen LogP contribution is 2.26. The van der Waals surface area contributed by atoms with Crippen LogP contribution in [0.15, 0.2) is 59.2 Å². The number of halogens is 2. The van der Waals surface area contributed by atoms with Crippen molar-refractivity contribution >= 4 is 5.91 Å². The van der Waals surface area contributed by atoms with E-state index in [1.807, 2.05) is 42.2 Å². The maximum absolute atomic E-state index is 14.3. The van der Waals surface area contributed by atoms with Gasteiger partial charge < -0.3 is 9.32 Å². The first-order chi connectivity index (χ1) is 15.0. The third-order valence-electron chi connectivity index (χ3n) is 5.72. The summed E-state index contributed by atoms with van der Waals surface area (Å²) in [7, 11) is 0. The Morgan fingerprint density at radius 1 is 1.13 bits per heavy atom. The van der Waals surface area contributed by atoms with Crippen LogP contribution in [0.3, 0.4) is 0 Å². The molecule has 0 radical (unpaired) electrons. The molecule has 2 heterocycles. The zero-order valence-corrected chi connectivity index (χ0v) is 17.4. The number of benzene rings is 2. The first-order valence-corrected chi connectivity index (χ1v) is 10.5. The molecule has 1 atom stereocenters. The molecule has 1 saturated heterocycles. The van der Waals surface area contributed by atoms with Gasteiger partial charge in [0.1, 0.15) is 17.9 Å². The standard InChI is InChI=1S/C24H25F2N3O2/c1-17(18-7-3-2-4-8-18)29(14-19-9-10-20(25)13-21(19)26)15-23-27-22(16-31-23)24(30)28-11-5-6-12-28/h2-4,7-10,13,16-17H,5-6,11-12,14-15H2,1H3/t17-/m0/s1. The van der Waals surface area contributed by atoms with Crippen molar-refractivity contribution in [2.45, 2.75) is 38.9 Å². The van der Waals surface area contributed by atoms with Crippen LogP contribution in [-0.2, 0) is 13.1 Å². The number of carbonyl (C=O) groups excluding carboxylic acids is 1. The Morgan fingerprint density at radius 3 is 2.58 bits per heavy atom. The smallest absolute Gasteiger partial charge is 0.275 e. The molecule has 0 aliphatic carbocycles. The number of nitrogens with zero attached hydrogens (tertiary/aromatic N) is 3. The molecular weight excluding hydrogens is 400 g/mol. The van der Waals surface area contributed by atoms with Crippen molar-refractivity contribution in [3.8, 4) is 0 Å². The van der Waals surface area contributed by atoms with Gasteiger partial charge in [0, 0.05) is 37.3 Å². The second kappa shape index (κ2) is 9.39. The monoisotopic (exact) mass is 425 g/mol. The van der Waals surface area contributed by atoms with Gasteiger partial charge in [-0.1, -0.05) is 36.4 Å². The van der Waals surface area contributed by atoms with Crippen molar-refractivity contribution in [3.63, 3.8) is 0 Å². The van der Waals surface area contributed by atoms with E-state index in [1.54, 1.807) is 4.90 Å². The van der Waals surface area contributed by atoms with Crippen LogP contribution in [0.25, 0.3) is 0 Å². The highest BCUT2D eigenvalue weighted by atomic mass is 19.1. The van der Waals surface area contributed by atoms with Crippen LogP contribution < -0.4 is 0 Å². The number of likely N-dealkylation sites (tertiary alicyclic amines) is 1. The van der Waals surface area contributed by atoms with Crippen LogP contribution in [0.1, 0.15) is 53.3 Å². The number of rotatable bonds is 7. The van der Waals surface area contributed by atoms with Gasteiger partial charge in [-0.05, 0) is 31.4 Å². The Bertz CT molecular complexity index is 1030. The molecule has 0 bridgehead atoms. The number of hydrogen-bond acceptors (Lipinski definition) is 4. The van der Waals surface area contributed by atoms with Crippen LogP contribution in [0, 0.1) is 11.6 Å². The summed E-state index contributed by atoms with van der Waals surface area (Å²) in [5.74, 6) is -0.947. The van der Waals surface area contributed by atoms with Crippen LogP contribution >= 0.6 is 0 Å². The molecule has 31 heavy (non-hydrogen) atoms. The zero-order valence-electron chi connectivity index (χ0n) is 17.4. The van der Waals surface area contributed by atoms with Gasteiger partial charge in [-0.15, -0.1) is 0 Å². The third kappa shape index (κ3) is 4.99. The lowest BCUT2D eigenvalue weighted by atomic mass is 10.1. The summed E-state index contributed by atoms with van der Waals surface area (Å²) in [6.07, 6.45) is 3.39. The van der Waals surface area contributed by atoms with Gasteiger partial charge in [-0.3, -0.25) is 9.69 Å². The summed E-state index contributed by atoms with van der Waals surface area (Å²) in [6.45, 7) is 4.00. The van der Waals surface area contributed by atoms with E-state index in [0.717, 1.165) is 37.6 Å². The van der Waals surface area contributed by atoms with E-state index in [0.29, 0.717) is 11.5 Å². The lowest BCUT2D eigenvalue weighted by Gasteiger charge is -2.28. The maximum Gasteiger partial charge on any atom is 0.275 e. The van der Waals surface area contributed by atoms with Gasteiger partial charge in [0.25, 0.3) is 5.91 Å². The minimum atomic E-state index is -0.610. The molecule has 1 fully saturated rings. The molecule has 1 aromatic heterocycles. The number of carbonyl (C=O) groups is 1. The topological polar surface area (TPSA) is 49.6 Å². The number of amides is 1. The minimum absolute atomic E-state index is 0.0877. The van der Waals surface area contributed by atoms with Crippen LogP contribution in [0.5, 0.6) is 0 Å². The normalized spacial score (nSPS) is 14.9. The molecule has 162 valence electrons. The van der Waals surface area contributed by atoms with E-state index in [2.05, 4.69) is 4.98 Å². The van der Waals surface area contributed by atoms with Crippen molar-refractivity contribution in [1.82, 2.24) is 14.8 Å². The van der Waals surface area contributed by atoms with Crippen molar-refractivity contribution in [2.75, 3.05) is 13.1 Å². The van der Waals surface area contributed by atoms with Gasteiger partial charge >= 0.3 is 0 Å². The van der Waals surface area contributed by atoms with Crippen molar-refractivity contribution in [3.05, 3.63) is 89.1 Å². The van der Waals surface area contributed by atoms with E-state index >= 15 is 0 Å². The molecule has 0 unspecified atom stereocenters. The van der Waals surface area contributed by atoms with Crippen molar-refractivity contribution in [1.29, 1.82) is 0 Å². The van der Waals surface area contributed by atoms with E-state index in [9.17, 15) is 13.6 Å². The third-order valence-corrected chi connectivity index (χ3v) is 5.72. The molecular formula is C24H25F2N3O2. The number of oxazole rings is 1. The Hall–Kier alpha value is -3.06. The summed E-state index contributed by atoms with van der Waals surface area (Å²) < 4.78 is 33.3. The van der Waals surface area contributed by atoms with E-state index < -0.39 is 11.6 Å². The van der Waals surface area contributed by atoms with Gasteiger partial charge in [-0.2, -0.15) is 0 Å². The van der Waals surface area contributed by atoms with Crippen LogP contribution in [0.2, 0.25) is 0 Å². The molecule has 5 nitrogen and oxygen atoms in total. The zero-order chi connectivity index (χ0) is 21.8. The Kier molecular flexibility index (Phi) is 6.42. The molecule has 0 spiro atoms. The average molecular weight is 425 g/mol. The first-order valence-electron chi connectivity index (χ1n) is 10.5. The molecule has 1 aliphatic heterocycles. The molecule has 3 aromatic rings. The summed E-state index contributed by atoms with van der Waals surface area (Å²) in [5.41, 5.74) is 1.71. The predicted octanol–water partition coefficient (Wildman–Crippen LogP) is 4.95. The lowest BCUT2D eigenvalue weighted by molar-refractivity contribution is 0.0787. The van der Waals surface area contributed by atoms with Crippen molar-refractivity contribution in [2.24, 2.45) is 0 Å². The number of aromatic nitrogens is 1. The van der Waals surface area contributed by atoms with Gasteiger partial charge in [0.15, 0.2) is 5.69 Å². The molecule has 1 aliphatic rings. The van der Waals surface area contributed by atoms with Gasteiger partial charge in [-0.25, -0.2) is 13.8 Å². The SMILES string of the molecule is C[C@@H](c1ccccc1)N(Cc1nc(C(=O)N2CCCC2)co1)Cc1ccc(F)cc1F. The second-order valence-electron chi connectivity index (χ2n) is 7.85.